The van der Waals surface area contributed by atoms with Gasteiger partial charge in [-0.15, -0.1) is 0 Å². The Morgan fingerprint density at radius 1 is 0.582 bits per heavy atom. The van der Waals surface area contributed by atoms with Gasteiger partial charge >= 0.3 is 246 Å². The van der Waals surface area contributed by atoms with E-state index in [1.54, 1.807) is 0 Å². The minimum absolute atomic E-state index is 0. The second-order valence-corrected chi connectivity index (χ2v) is 20.3. The summed E-state index contributed by atoms with van der Waals surface area (Å²) in [5.41, 5.74) is 10.3. The average molecular weight is 1020 g/mol. The number of para-hydroxylation sites is 3. The van der Waals surface area contributed by atoms with Crippen LogP contribution in [0.15, 0.2) is 115 Å². The first-order valence-electron chi connectivity index (χ1n) is 18.6. The Kier molecular flexibility index (Phi) is 10.5. The van der Waals surface area contributed by atoms with Crippen molar-refractivity contribution in [3.8, 4) is 11.5 Å². The van der Waals surface area contributed by atoms with E-state index < -0.39 is 20.9 Å². The summed E-state index contributed by atoms with van der Waals surface area (Å²) in [7, 11) is 0. The van der Waals surface area contributed by atoms with E-state index in [0.29, 0.717) is 11.5 Å². The largest absolute Gasteiger partial charge is 0.0561 e. The van der Waals surface area contributed by atoms with Crippen molar-refractivity contribution in [1.82, 2.24) is 4.98 Å². The average Bonchev–Trinajstić information content (AvgIpc) is 3.53. The number of hydrogen-bond donors (Lipinski definition) is 0. The van der Waals surface area contributed by atoms with Gasteiger partial charge in [-0.1, -0.05) is 53.7 Å². The van der Waals surface area contributed by atoms with Gasteiger partial charge in [0.05, 0.1) is 0 Å². The molecule has 7 heteroatoms. The SMILES string of the molecule is CC(C)(C)c1cc(N2[CH-]N(c3[c-]c(Oc4[c-]c5c(cc4)[Te]c4ccccc4N5c4cc(C(C)(C)C)ccn4)ccc3)c3ccccc32)cc(C(C)(C)C)c1.[Pt]. The fourth-order valence-corrected chi connectivity index (χ4v) is 9.77. The molecule has 0 saturated heterocycles. The zero-order valence-electron chi connectivity index (χ0n) is 33.0. The summed E-state index contributed by atoms with van der Waals surface area (Å²) < 4.78 is 9.30. The van der Waals surface area contributed by atoms with Crippen molar-refractivity contribution in [3.63, 3.8) is 0 Å². The molecular weight excluding hydrogens is 971 g/mol. The van der Waals surface area contributed by atoms with Crippen molar-refractivity contribution in [2.45, 2.75) is 78.6 Å². The standard InChI is InChI=1S/C48H47N4OTe.Pt/c1-46(2,3)32-23-24-49-45(28-32)52-41-19-12-13-20-43(41)54-44-22-21-38(30-42(44)52)53-37-16-14-15-35(29-37)50-31-51(40-18-11-10-17-39(40)50)36-26-33(47(4,5)6)25-34(27-36)48(7,8)9;/h10-28,31H,1-9H3;/q-3;. The van der Waals surface area contributed by atoms with Crippen LogP contribution in [0.3, 0.4) is 0 Å². The number of fused-ring (bicyclic) bond motifs is 3. The summed E-state index contributed by atoms with van der Waals surface area (Å²) in [6, 6.07) is 46.2. The Balaban J connectivity index is 0.00000465. The molecule has 55 heavy (non-hydrogen) atoms. The molecule has 0 unspecified atom stereocenters. The number of benzene rings is 5. The fourth-order valence-electron chi connectivity index (χ4n) is 6.85. The molecule has 5 nitrogen and oxygen atoms in total. The van der Waals surface area contributed by atoms with Gasteiger partial charge in [-0.25, -0.2) is 0 Å². The van der Waals surface area contributed by atoms with Crippen LogP contribution in [0.5, 0.6) is 11.5 Å². The molecule has 0 atom stereocenters. The van der Waals surface area contributed by atoms with E-state index in [-0.39, 0.29) is 37.3 Å². The van der Waals surface area contributed by atoms with Crippen LogP contribution < -0.4 is 26.7 Å². The molecule has 0 radical (unpaired) electrons. The summed E-state index contributed by atoms with van der Waals surface area (Å²) in [6.45, 7) is 22.6. The van der Waals surface area contributed by atoms with E-state index in [0.717, 1.165) is 34.3 Å². The number of rotatable bonds is 5. The van der Waals surface area contributed by atoms with E-state index in [2.05, 4.69) is 187 Å². The third-order valence-corrected chi connectivity index (χ3v) is 13.2. The molecule has 2 aliphatic rings. The van der Waals surface area contributed by atoms with Gasteiger partial charge < -0.3 is 0 Å². The zero-order chi connectivity index (χ0) is 38.0. The van der Waals surface area contributed by atoms with E-state index in [9.17, 15) is 0 Å². The van der Waals surface area contributed by atoms with Crippen molar-refractivity contribution in [3.05, 3.63) is 151 Å². The van der Waals surface area contributed by atoms with Crippen LogP contribution in [-0.2, 0) is 37.3 Å². The van der Waals surface area contributed by atoms with Crippen LogP contribution >= 0.6 is 0 Å². The second-order valence-electron chi connectivity index (χ2n) is 17.2. The molecule has 0 amide bonds. The van der Waals surface area contributed by atoms with Crippen LogP contribution in [0.1, 0.15) is 79.0 Å². The monoisotopic (exact) mass is 1020 g/mol. The van der Waals surface area contributed by atoms with Crippen molar-refractivity contribution >= 4 is 68.1 Å². The van der Waals surface area contributed by atoms with Crippen LogP contribution in [0.4, 0.5) is 39.9 Å². The normalized spacial score (nSPS) is 13.9. The molecule has 284 valence electrons. The Morgan fingerprint density at radius 2 is 1.20 bits per heavy atom. The molecule has 1 aromatic heterocycles. The van der Waals surface area contributed by atoms with Crippen LogP contribution in [0, 0.1) is 18.8 Å². The first kappa shape index (κ1) is 39.2. The molecule has 0 fully saturated rings. The van der Waals surface area contributed by atoms with Gasteiger partial charge in [0.2, 0.25) is 0 Å². The number of nitrogens with zero attached hydrogens (tertiary/aromatic N) is 4. The Bertz CT molecular complexity index is 2340. The van der Waals surface area contributed by atoms with Gasteiger partial charge in [-0.05, 0) is 34.1 Å². The summed E-state index contributed by atoms with van der Waals surface area (Å²) in [5, 5.41) is 0. The van der Waals surface area contributed by atoms with Crippen molar-refractivity contribution in [1.29, 1.82) is 0 Å². The predicted molar refractivity (Wildman–Crippen MR) is 226 cm³/mol. The van der Waals surface area contributed by atoms with Gasteiger partial charge in [0.1, 0.15) is 0 Å². The zero-order valence-corrected chi connectivity index (χ0v) is 37.6. The third-order valence-electron chi connectivity index (χ3n) is 10.0. The predicted octanol–water partition coefficient (Wildman–Crippen LogP) is 11.2. The van der Waals surface area contributed by atoms with E-state index >= 15 is 0 Å². The maximum atomic E-state index is 6.60. The fraction of sp³-hybridized carbons (Fsp3) is 0.250. The third kappa shape index (κ3) is 7.84. The maximum absolute atomic E-state index is 6.60. The molecule has 2 aliphatic heterocycles. The minimum Gasteiger partial charge on any atom is -0.0561 e. The van der Waals surface area contributed by atoms with Crippen molar-refractivity contribution < 1.29 is 25.8 Å². The molecule has 0 aliphatic carbocycles. The Morgan fingerprint density at radius 3 is 1.87 bits per heavy atom. The molecular formula is C48H47N4OPtTe-3. The maximum Gasteiger partial charge on any atom is 0 e. The molecule has 0 N–H and O–H groups in total. The summed E-state index contributed by atoms with van der Waals surface area (Å²) in [5.74, 6) is 2.16. The topological polar surface area (TPSA) is 31.8 Å². The van der Waals surface area contributed by atoms with Gasteiger partial charge in [0.15, 0.2) is 0 Å². The van der Waals surface area contributed by atoms with Crippen molar-refractivity contribution in [2.75, 3.05) is 14.7 Å². The van der Waals surface area contributed by atoms with Gasteiger partial charge in [0.25, 0.3) is 0 Å². The molecule has 5 aromatic carbocycles. The minimum atomic E-state index is -0.629. The molecule has 0 saturated carbocycles. The second kappa shape index (κ2) is 14.8. The number of pyridine rings is 1. The van der Waals surface area contributed by atoms with Gasteiger partial charge in [-0.2, -0.15) is 0 Å². The number of hydrogen-bond acceptors (Lipinski definition) is 5. The van der Waals surface area contributed by atoms with E-state index in [4.69, 9.17) is 9.72 Å². The van der Waals surface area contributed by atoms with Crippen molar-refractivity contribution in [2.24, 2.45) is 0 Å². The number of anilines is 7. The van der Waals surface area contributed by atoms with Crippen LogP contribution in [-0.4, -0.2) is 25.9 Å². The van der Waals surface area contributed by atoms with E-state index in [1.807, 2.05) is 24.4 Å². The molecule has 3 heterocycles. The molecule has 0 spiro atoms. The summed E-state index contributed by atoms with van der Waals surface area (Å²) >= 11 is -0.629. The number of aromatic nitrogens is 1. The van der Waals surface area contributed by atoms with Crippen LogP contribution in [0.2, 0.25) is 0 Å². The number of ether oxygens (including phenoxy) is 1. The first-order chi connectivity index (χ1) is 25.6. The Labute approximate surface area is 352 Å². The summed E-state index contributed by atoms with van der Waals surface area (Å²) in [6.07, 6.45) is 1.92. The first-order valence-corrected chi connectivity index (χ1v) is 21.0. The quantitative estimate of drug-likeness (QED) is 0.127. The van der Waals surface area contributed by atoms with Crippen LogP contribution in [0.25, 0.3) is 0 Å². The molecule has 6 aromatic rings. The smallest absolute Gasteiger partial charge is 0 e. The van der Waals surface area contributed by atoms with Gasteiger partial charge in [-0.3, -0.25) is 0 Å². The van der Waals surface area contributed by atoms with Gasteiger partial charge in [0, 0.05) is 21.1 Å². The molecule has 8 rings (SSSR count). The summed E-state index contributed by atoms with van der Waals surface area (Å²) in [4.78, 5) is 11.6. The molecule has 0 bridgehead atoms. The van der Waals surface area contributed by atoms with E-state index in [1.165, 1.54) is 29.6 Å². The Hall–Kier alpha value is -4.07.